The van der Waals surface area contributed by atoms with Gasteiger partial charge in [0, 0.05) is 31.1 Å². The highest BCUT2D eigenvalue weighted by atomic mass is 15.2. The Morgan fingerprint density at radius 1 is 0.952 bits per heavy atom. The van der Waals surface area contributed by atoms with E-state index in [0.717, 1.165) is 30.5 Å². The first-order valence-electron chi connectivity index (χ1n) is 8.25. The molecule has 0 amide bonds. The van der Waals surface area contributed by atoms with Gasteiger partial charge in [0.05, 0.1) is 0 Å². The van der Waals surface area contributed by atoms with Crippen molar-refractivity contribution in [1.29, 1.82) is 0 Å². The molecule has 0 aromatic carbocycles. The average Bonchev–Trinajstić information content (AvgIpc) is 2.38. The summed E-state index contributed by atoms with van der Waals surface area (Å²) >= 11 is 0. The molecular formula is C17H30N4. The minimum Gasteiger partial charge on any atom is -0.373 e. The molecule has 1 N–H and O–H groups in total. The molecule has 118 valence electrons. The maximum absolute atomic E-state index is 4.92. The molecule has 1 fully saturated rings. The Kier molecular flexibility index (Phi) is 5.07. The van der Waals surface area contributed by atoms with Crippen molar-refractivity contribution < 1.29 is 0 Å². The Morgan fingerprint density at radius 2 is 1.52 bits per heavy atom. The summed E-state index contributed by atoms with van der Waals surface area (Å²) in [7, 11) is 1.94. The molecule has 0 unspecified atom stereocenters. The van der Waals surface area contributed by atoms with Crippen LogP contribution in [-0.2, 0) is 5.41 Å². The second-order valence-corrected chi connectivity index (χ2v) is 7.10. The highest BCUT2D eigenvalue weighted by molar-refractivity contribution is 5.58. The van der Waals surface area contributed by atoms with Crippen LogP contribution in [0, 0.1) is 6.92 Å². The van der Waals surface area contributed by atoms with Gasteiger partial charge in [-0.3, -0.25) is 0 Å². The van der Waals surface area contributed by atoms with E-state index in [-0.39, 0.29) is 5.41 Å². The third-order valence-electron chi connectivity index (χ3n) is 4.18. The van der Waals surface area contributed by atoms with E-state index < -0.39 is 0 Å². The number of hydrogen-bond donors (Lipinski definition) is 1. The van der Waals surface area contributed by atoms with E-state index in [1.165, 1.54) is 37.7 Å². The molecule has 2 rings (SSSR count). The van der Waals surface area contributed by atoms with E-state index in [4.69, 9.17) is 9.97 Å². The number of hydrogen-bond acceptors (Lipinski definition) is 4. The number of nitrogens with one attached hydrogen (secondary N) is 1. The van der Waals surface area contributed by atoms with Crippen molar-refractivity contribution in [1.82, 2.24) is 9.97 Å². The molecule has 4 heteroatoms. The summed E-state index contributed by atoms with van der Waals surface area (Å²) < 4.78 is 0. The normalized spacial score (nSPS) is 17.3. The first-order chi connectivity index (χ1) is 9.93. The molecule has 0 saturated carbocycles. The average molecular weight is 290 g/mol. The molecule has 1 aromatic heterocycles. The van der Waals surface area contributed by atoms with Gasteiger partial charge in [0.2, 0.25) is 0 Å². The molecule has 1 aliphatic rings. The van der Waals surface area contributed by atoms with Crippen LogP contribution in [0.2, 0.25) is 0 Å². The molecule has 0 atom stereocenters. The van der Waals surface area contributed by atoms with Gasteiger partial charge in [0.1, 0.15) is 17.5 Å². The number of aromatic nitrogens is 2. The van der Waals surface area contributed by atoms with E-state index in [2.05, 4.69) is 37.9 Å². The van der Waals surface area contributed by atoms with Crippen LogP contribution in [0.15, 0.2) is 0 Å². The van der Waals surface area contributed by atoms with Crippen LogP contribution < -0.4 is 10.2 Å². The predicted octanol–water partition coefficient (Wildman–Crippen LogP) is 3.89. The van der Waals surface area contributed by atoms with Gasteiger partial charge >= 0.3 is 0 Å². The molecule has 1 saturated heterocycles. The van der Waals surface area contributed by atoms with Gasteiger partial charge in [-0.05, 0) is 19.8 Å². The van der Waals surface area contributed by atoms with E-state index in [9.17, 15) is 0 Å². The van der Waals surface area contributed by atoms with Gasteiger partial charge in [0.15, 0.2) is 0 Å². The molecule has 2 heterocycles. The molecule has 1 aromatic rings. The van der Waals surface area contributed by atoms with Crippen molar-refractivity contribution in [3.8, 4) is 0 Å². The van der Waals surface area contributed by atoms with Gasteiger partial charge in [-0.25, -0.2) is 9.97 Å². The van der Waals surface area contributed by atoms with Crippen LogP contribution in [0.1, 0.15) is 64.3 Å². The predicted molar refractivity (Wildman–Crippen MR) is 90.3 cm³/mol. The van der Waals surface area contributed by atoms with Gasteiger partial charge in [-0.2, -0.15) is 0 Å². The van der Waals surface area contributed by atoms with Gasteiger partial charge in [0.25, 0.3) is 0 Å². The van der Waals surface area contributed by atoms with Crippen molar-refractivity contribution in [3.63, 3.8) is 0 Å². The Labute approximate surface area is 129 Å². The Bertz CT molecular complexity index is 468. The maximum atomic E-state index is 4.92. The highest BCUT2D eigenvalue weighted by Gasteiger charge is 2.23. The van der Waals surface area contributed by atoms with Crippen molar-refractivity contribution in [2.45, 2.75) is 65.2 Å². The molecule has 0 bridgehead atoms. The monoisotopic (exact) mass is 290 g/mol. The Balaban J connectivity index is 2.40. The summed E-state index contributed by atoms with van der Waals surface area (Å²) in [4.78, 5) is 12.1. The largest absolute Gasteiger partial charge is 0.373 e. The molecule has 0 aliphatic carbocycles. The van der Waals surface area contributed by atoms with Crippen molar-refractivity contribution in [2.24, 2.45) is 0 Å². The fourth-order valence-electron chi connectivity index (χ4n) is 2.85. The lowest BCUT2D eigenvalue weighted by molar-refractivity contribution is 0.532. The minimum absolute atomic E-state index is 0.0310. The topological polar surface area (TPSA) is 41.1 Å². The molecule has 21 heavy (non-hydrogen) atoms. The van der Waals surface area contributed by atoms with E-state index >= 15 is 0 Å². The van der Waals surface area contributed by atoms with E-state index in [1.54, 1.807) is 0 Å². The SMILES string of the molecule is CNc1nc(C(C)(C)C)nc(N2CCCCCCC2)c1C. The van der Waals surface area contributed by atoms with Crippen molar-refractivity contribution in [3.05, 3.63) is 11.4 Å². The van der Waals surface area contributed by atoms with E-state index in [0.29, 0.717) is 0 Å². The molecule has 4 nitrogen and oxygen atoms in total. The third kappa shape index (κ3) is 3.86. The van der Waals surface area contributed by atoms with Crippen LogP contribution in [0.5, 0.6) is 0 Å². The minimum atomic E-state index is -0.0310. The van der Waals surface area contributed by atoms with Crippen LogP contribution in [0.25, 0.3) is 0 Å². The fraction of sp³-hybridized carbons (Fsp3) is 0.765. The lowest BCUT2D eigenvalue weighted by Gasteiger charge is -2.29. The molecule has 0 radical (unpaired) electrons. The highest BCUT2D eigenvalue weighted by Crippen LogP contribution is 2.29. The molecular weight excluding hydrogens is 260 g/mol. The first-order valence-corrected chi connectivity index (χ1v) is 8.25. The standard InChI is InChI=1S/C17H30N4/c1-13-14(18-5)19-16(17(2,3)4)20-15(13)21-11-9-7-6-8-10-12-21/h6-12H2,1-5H3,(H,18,19,20). The Hall–Kier alpha value is -1.32. The van der Waals surface area contributed by atoms with Gasteiger partial charge in [-0.1, -0.05) is 40.0 Å². The second-order valence-electron chi connectivity index (χ2n) is 7.10. The number of rotatable bonds is 2. The lowest BCUT2D eigenvalue weighted by atomic mass is 9.95. The number of nitrogens with zero attached hydrogens (tertiary/aromatic N) is 3. The summed E-state index contributed by atoms with van der Waals surface area (Å²) in [6.07, 6.45) is 6.59. The zero-order valence-electron chi connectivity index (χ0n) is 14.3. The van der Waals surface area contributed by atoms with Gasteiger partial charge in [-0.15, -0.1) is 0 Å². The van der Waals surface area contributed by atoms with E-state index in [1.807, 2.05) is 7.05 Å². The van der Waals surface area contributed by atoms with Gasteiger partial charge < -0.3 is 10.2 Å². The smallest absolute Gasteiger partial charge is 0.138 e. The van der Waals surface area contributed by atoms with Crippen molar-refractivity contribution >= 4 is 11.6 Å². The number of anilines is 2. The molecule has 0 spiro atoms. The summed E-state index contributed by atoms with van der Waals surface area (Å²) in [5.74, 6) is 3.02. The second kappa shape index (κ2) is 6.63. The van der Waals surface area contributed by atoms with Crippen LogP contribution in [0.4, 0.5) is 11.6 Å². The van der Waals surface area contributed by atoms with Crippen molar-refractivity contribution in [2.75, 3.05) is 30.4 Å². The zero-order chi connectivity index (χ0) is 15.5. The van der Waals surface area contributed by atoms with Crippen LogP contribution in [0.3, 0.4) is 0 Å². The fourth-order valence-corrected chi connectivity index (χ4v) is 2.85. The lowest BCUT2D eigenvalue weighted by Crippen LogP contribution is -2.30. The maximum Gasteiger partial charge on any atom is 0.138 e. The summed E-state index contributed by atoms with van der Waals surface area (Å²) in [5.41, 5.74) is 1.14. The summed E-state index contributed by atoms with van der Waals surface area (Å²) in [6, 6.07) is 0. The molecule has 1 aliphatic heterocycles. The third-order valence-corrected chi connectivity index (χ3v) is 4.18. The summed E-state index contributed by atoms with van der Waals surface area (Å²) in [6.45, 7) is 10.9. The quantitative estimate of drug-likeness (QED) is 0.897. The zero-order valence-corrected chi connectivity index (χ0v) is 14.3. The first kappa shape index (κ1) is 16.1. The van der Waals surface area contributed by atoms with Crippen LogP contribution in [-0.4, -0.2) is 30.1 Å². The Morgan fingerprint density at radius 3 is 2.05 bits per heavy atom. The summed E-state index contributed by atoms with van der Waals surface area (Å²) in [5, 5.41) is 3.24. The van der Waals surface area contributed by atoms with Crippen LogP contribution >= 0.6 is 0 Å².